The molecule has 110 valence electrons. The van der Waals surface area contributed by atoms with Crippen molar-refractivity contribution >= 4 is 28.5 Å². The molecule has 4 rings (SSSR count). The molecule has 4 atom stereocenters. The molecule has 0 spiro atoms. The summed E-state index contributed by atoms with van der Waals surface area (Å²) in [6, 6.07) is 2.29. The molecule has 2 fully saturated rings. The zero-order valence-corrected chi connectivity index (χ0v) is 12.8. The highest BCUT2D eigenvalue weighted by molar-refractivity contribution is 7.79. The summed E-state index contributed by atoms with van der Waals surface area (Å²) in [4.78, 5) is 8.71. The summed E-state index contributed by atoms with van der Waals surface area (Å²) in [6.07, 6.45) is 5.87. The van der Waals surface area contributed by atoms with E-state index in [9.17, 15) is 0 Å². The van der Waals surface area contributed by atoms with Crippen LogP contribution in [0.4, 0.5) is 0 Å². The number of aryl methyl sites for hydroxylation is 1. The van der Waals surface area contributed by atoms with Crippen LogP contribution in [0.25, 0.3) is 11.0 Å². The average molecular weight is 303 g/mol. The molecule has 1 aliphatic carbocycles. The van der Waals surface area contributed by atoms with Gasteiger partial charge in [-0.1, -0.05) is 6.92 Å². The van der Waals surface area contributed by atoms with Crippen molar-refractivity contribution in [2.75, 3.05) is 0 Å². The molecule has 0 aromatic carbocycles. The number of rotatable bonds is 2. The van der Waals surface area contributed by atoms with E-state index in [1.54, 1.807) is 6.33 Å². The number of thiocarbonyl (C=S) groups is 1. The lowest BCUT2D eigenvalue weighted by Crippen LogP contribution is -2.26. The Labute approximate surface area is 128 Å². The molecule has 0 bridgehead atoms. The average Bonchev–Trinajstić information content (AvgIpc) is 3.12. The molecule has 0 radical (unpaired) electrons. The van der Waals surface area contributed by atoms with Crippen LogP contribution in [0, 0.1) is 12.8 Å². The summed E-state index contributed by atoms with van der Waals surface area (Å²) < 4.78 is 13.7. The Morgan fingerprint density at radius 1 is 1.33 bits per heavy atom. The van der Waals surface area contributed by atoms with Gasteiger partial charge in [0.25, 0.3) is 0 Å². The molecule has 0 N–H and O–H groups in total. The molecule has 3 heterocycles. The molecular formula is C15H17N3O2S. The van der Waals surface area contributed by atoms with E-state index in [-0.39, 0.29) is 23.5 Å². The molecule has 21 heavy (non-hydrogen) atoms. The SMILES string of the molecule is CC[C@@H]1C[C@@H](n2ccc3c(C)ncnc32)[C@@H]2OC(=S)O[C@H]12. The Morgan fingerprint density at radius 3 is 2.95 bits per heavy atom. The lowest BCUT2D eigenvalue weighted by Gasteiger charge is -2.18. The molecule has 6 heteroatoms. The fourth-order valence-corrected chi connectivity index (χ4v) is 3.88. The third-order valence-electron chi connectivity index (χ3n) is 4.77. The van der Waals surface area contributed by atoms with E-state index >= 15 is 0 Å². The Bertz CT molecular complexity index is 714. The number of hydrogen-bond donors (Lipinski definition) is 0. The molecule has 2 aromatic heterocycles. The van der Waals surface area contributed by atoms with Crippen LogP contribution in [0.2, 0.25) is 0 Å². The van der Waals surface area contributed by atoms with Gasteiger partial charge in [0, 0.05) is 29.7 Å². The van der Waals surface area contributed by atoms with Gasteiger partial charge in [-0.05, 0) is 25.8 Å². The van der Waals surface area contributed by atoms with E-state index < -0.39 is 0 Å². The van der Waals surface area contributed by atoms with E-state index in [1.165, 1.54) is 0 Å². The summed E-state index contributed by atoms with van der Waals surface area (Å²) in [5, 5.41) is 1.38. The highest BCUT2D eigenvalue weighted by Crippen LogP contribution is 2.45. The van der Waals surface area contributed by atoms with Crippen molar-refractivity contribution in [1.82, 2.24) is 14.5 Å². The van der Waals surface area contributed by atoms with Gasteiger partial charge in [-0.3, -0.25) is 0 Å². The van der Waals surface area contributed by atoms with Crippen molar-refractivity contribution in [3.8, 4) is 0 Å². The number of aromatic nitrogens is 3. The van der Waals surface area contributed by atoms with Crippen LogP contribution in [0.15, 0.2) is 18.6 Å². The van der Waals surface area contributed by atoms with Crippen molar-refractivity contribution in [3.05, 3.63) is 24.3 Å². The number of hydrogen-bond acceptors (Lipinski definition) is 5. The maximum absolute atomic E-state index is 5.78. The molecule has 1 saturated carbocycles. The molecule has 0 unspecified atom stereocenters. The van der Waals surface area contributed by atoms with Gasteiger partial charge in [0.05, 0.1) is 11.7 Å². The summed E-state index contributed by atoms with van der Waals surface area (Å²) in [5.41, 5.74) is 1.96. The second-order valence-electron chi connectivity index (χ2n) is 5.81. The molecule has 0 amide bonds. The molecule has 1 aliphatic heterocycles. The zero-order valence-electron chi connectivity index (χ0n) is 12.0. The van der Waals surface area contributed by atoms with Crippen molar-refractivity contribution in [3.63, 3.8) is 0 Å². The first-order valence-electron chi connectivity index (χ1n) is 7.34. The van der Waals surface area contributed by atoms with Crippen LogP contribution in [0.5, 0.6) is 0 Å². The van der Waals surface area contributed by atoms with Gasteiger partial charge < -0.3 is 14.0 Å². The minimum atomic E-state index is -0.00618. The third kappa shape index (κ3) is 1.85. The van der Waals surface area contributed by atoms with Crippen molar-refractivity contribution in [1.29, 1.82) is 0 Å². The molecular weight excluding hydrogens is 286 g/mol. The largest absolute Gasteiger partial charge is 0.449 e. The zero-order chi connectivity index (χ0) is 14.6. The molecule has 2 aromatic rings. The van der Waals surface area contributed by atoms with E-state index in [4.69, 9.17) is 21.7 Å². The topological polar surface area (TPSA) is 49.2 Å². The van der Waals surface area contributed by atoms with Gasteiger partial charge in [0.15, 0.2) is 6.10 Å². The van der Waals surface area contributed by atoms with Crippen molar-refractivity contribution < 1.29 is 9.47 Å². The quantitative estimate of drug-likeness (QED) is 0.798. The van der Waals surface area contributed by atoms with Crippen LogP contribution in [0.3, 0.4) is 0 Å². The van der Waals surface area contributed by atoms with E-state index in [2.05, 4.69) is 33.7 Å². The van der Waals surface area contributed by atoms with Crippen LogP contribution in [0.1, 0.15) is 31.5 Å². The standard InChI is InChI=1S/C15H17N3O2S/c1-3-9-6-11(13-12(9)19-15(21)20-13)18-5-4-10-8(2)16-7-17-14(10)18/h4-5,7,9,11-13H,3,6H2,1-2H3/t9-,11-,12-,13+/m1/s1. The van der Waals surface area contributed by atoms with E-state index in [0.29, 0.717) is 5.92 Å². The van der Waals surface area contributed by atoms with E-state index in [0.717, 1.165) is 29.6 Å². The lowest BCUT2D eigenvalue weighted by atomic mass is 10.0. The van der Waals surface area contributed by atoms with Crippen LogP contribution in [-0.2, 0) is 9.47 Å². The number of fused-ring (bicyclic) bond motifs is 2. The van der Waals surface area contributed by atoms with Gasteiger partial charge >= 0.3 is 5.24 Å². The second-order valence-corrected chi connectivity index (χ2v) is 6.14. The minimum absolute atomic E-state index is 0.00618. The van der Waals surface area contributed by atoms with Crippen molar-refractivity contribution in [2.45, 2.75) is 44.9 Å². The lowest BCUT2D eigenvalue weighted by molar-refractivity contribution is 0.133. The molecule has 2 aliphatic rings. The van der Waals surface area contributed by atoms with Gasteiger partial charge in [0.1, 0.15) is 18.1 Å². The summed E-state index contributed by atoms with van der Waals surface area (Å²) in [7, 11) is 0. The Morgan fingerprint density at radius 2 is 2.14 bits per heavy atom. The highest BCUT2D eigenvalue weighted by Gasteiger charge is 2.51. The minimum Gasteiger partial charge on any atom is -0.449 e. The first kappa shape index (κ1) is 13.0. The number of nitrogens with zero attached hydrogens (tertiary/aromatic N) is 3. The summed E-state index contributed by atoms with van der Waals surface area (Å²) in [5.74, 6) is 0.473. The smallest absolute Gasteiger partial charge is 0.353 e. The highest BCUT2D eigenvalue weighted by atomic mass is 32.1. The van der Waals surface area contributed by atoms with E-state index in [1.807, 2.05) is 6.92 Å². The monoisotopic (exact) mass is 303 g/mol. The Balaban J connectivity index is 1.78. The fraction of sp³-hybridized carbons (Fsp3) is 0.533. The van der Waals surface area contributed by atoms with Crippen LogP contribution < -0.4 is 0 Å². The van der Waals surface area contributed by atoms with Crippen LogP contribution >= 0.6 is 12.2 Å². The van der Waals surface area contributed by atoms with Gasteiger partial charge in [0.2, 0.25) is 0 Å². The summed E-state index contributed by atoms with van der Waals surface area (Å²) >= 11 is 5.09. The van der Waals surface area contributed by atoms with Crippen molar-refractivity contribution in [2.24, 2.45) is 5.92 Å². The molecule has 1 saturated heterocycles. The normalized spacial score (nSPS) is 31.2. The predicted octanol–water partition coefficient (Wildman–Crippen LogP) is 2.78. The van der Waals surface area contributed by atoms with Gasteiger partial charge in [-0.25, -0.2) is 9.97 Å². The third-order valence-corrected chi connectivity index (χ3v) is 4.96. The first-order chi connectivity index (χ1) is 10.2. The molecule has 5 nitrogen and oxygen atoms in total. The van der Waals surface area contributed by atoms with Gasteiger partial charge in [-0.2, -0.15) is 0 Å². The first-order valence-corrected chi connectivity index (χ1v) is 7.75. The van der Waals surface area contributed by atoms with Gasteiger partial charge in [-0.15, -0.1) is 0 Å². The van der Waals surface area contributed by atoms with Crippen LogP contribution in [-0.4, -0.2) is 32.0 Å². The Kier molecular flexibility index (Phi) is 2.89. The predicted molar refractivity (Wildman–Crippen MR) is 82.0 cm³/mol. The summed E-state index contributed by atoms with van der Waals surface area (Å²) in [6.45, 7) is 4.19. The maximum atomic E-state index is 5.78. The fourth-order valence-electron chi connectivity index (χ4n) is 3.66. The number of ether oxygens (including phenoxy) is 2. The Hall–Kier alpha value is -1.69. The maximum Gasteiger partial charge on any atom is 0.353 e. The second kappa shape index (κ2) is 4.66.